The van der Waals surface area contributed by atoms with Gasteiger partial charge in [0.1, 0.15) is 6.10 Å². The molecule has 5 nitrogen and oxygen atoms in total. The van der Waals surface area contributed by atoms with Crippen LogP contribution in [0.2, 0.25) is 0 Å². The Bertz CT molecular complexity index is 555. The standard InChI is InChI=1S/C13H18N2O3S/c1-3-19(16,17)15(2)10-12-9-13(14-18-12)11-7-5-4-6-8-11/h4-8,12H,3,9-10H2,1-2H3. The Balaban J connectivity index is 1.95. The third kappa shape index (κ3) is 3.33. The summed E-state index contributed by atoms with van der Waals surface area (Å²) in [6.07, 6.45) is 0.426. The second kappa shape index (κ2) is 5.71. The van der Waals surface area contributed by atoms with Gasteiger partial charge in [-0.25, -0.2) is 12.7 Å². The molecule has 19 heavy (non-hydrogen) atoms. The quantitative estimate of drug-likeness (QED) is 0.821. The van der Waals surface area contributed by atoms with E-state index in [9.17, 15) is 8.42 Å². The van der Waals surface area contributed by atoms with Crippen molar-refractivity contribution in [2.24, 2.45) is 5.16 Å². The molecular weight excluding hydrogens is 264 g/mol. The van der Waals surface area contributed by atoms with E-state index in [4.69, 9.17) is 4.84 Å². The third-order valence-electron chi connectivity index (χ3n) is 3.14. The lowest BCUT2D eigenvalue weighted by Crippen LogP contribution is -2.35. The molecule has 6 heteroatoms. The summed E-state index contributed by atoms with van der Waals surface area (Å²) in [5.74, 6) is 0.0998. The largest absolute Gasteiger partial charge is 0.390 e. The minimum atomic E-state index is -3.17. The first-order chi connectivity index (χ1) is 9.03. The van der Waals surface area contributed by atoms with E-state index in [1.54, 1.807) is 14.0 Å². The van der Waals surface area contributed by atoms with E-state index in [0.29, 0.717) is 13.0 Å². The van der Waals surface area contributed by atoms with Gasteiger partial charge in [0, 0.05) is 13.5 Å². The zero-order valence-electron chi connectivity index (χ0n) is 11.1. The van der Waals surface area contributed by atoms with Crippen LogP contribution in [-0.2, 0) is 14.9 Å². The first-order valence-electron chi connectivity index (χ1n) is 6.25. The molecule has 0 amide bonds. The Morgan fingerprint density at radius 2 is 2.05 bits per heavy atom. The topological polar surface area (TPSA) is 59.0 Å². The summed E-state index contributed by atoms with van der Waals surface area (Å²) in [6, 6.07) is 9.77. The Morgan fingerprint density at radius 1 is 1.37 bits per heavy atom. The van der Waals surface area contributed by atoms with Crippen molar-refractivity contribution in [2.75, 3.05) is 19.3 Å². The molecule has 1 aromatic rings. The van der Waals surface area contributed by atoms with Crippen LogP contribution >= 0.6 is 0 Å². The summed E-state index contributed by atoms with van der Waals surface area (Å²) in [6.45, 7) is 1.96. The van der Waals surface area contributed by atoms with E-state index in [-0.39, 0.29) is 11.9 Å². The van der Waals surface area contributed by atoms with Crippen LogP contribution in [0.4, 0.5) is 0 Å². The average Bonchev–Trinajstić information content (AvgIpc) is 2.88. The van der Waals surface area contributed by atoms with E-state index in [1.165, 1.54) is 4.31 Å². The highest BCUT2D eigenvalue weighted by Gasteiger charge is 2.26. The Hall–Kier alpha value is -1.40. The maximum Gasteiger partial charge on any atom is 0.213 e. The molecule has 2 rings (SSSR count). The molecule has 1 aromatic carbocycles. The Morgan fingerprint density at radius 3 is 2.68 bits per heavy atom. The van der Waals surface area contributed by atoms with Gasteiger partial charge in [0.25, 0.3) is 0 Å². The molecule has 1 aliphatic heterocycles. The number of hydrogen-bond acceptors (Lipinski definition) is 4. The van der Waals surface area contributed by atoms with Gasteiger partial charge in [0.05, 0.1) is 18.0 Å². The van der Waals surface area contributed by atoms with Gasteiger partial charge < -0.3 is 4.84 Å². The summed E-state index contributed by atoms with van der Waals surface area (Å²) < 4.78 is 24.7. The van der Waals surface area contributed by atoms with Gasteiger partial charge in [-0.05, 0) is 12.5 Å². The maximum absolute atomic E-state index is 11.7. The van der Waals surface area contributed by atoms with Crippen molar-refractivity contribution in [1.29, 1.82) is 0 Å². The van der Waals surface area contributed by atoms with Crippen LogP contribution in [0.25, 0.3) is 0 Å². The number of rotatable bonds is 5. The highest BCUT2D eigenvalue weighted by molar-refractivity contribution is 7.89. The third-order valence-corrected chi connectivity index (χ3v) is 4.97. The molecule has 0 spiro atoms. The van der Waals surface area contributed by atoms with Crippen molar-refractivity contribution in [2.45, 2.75) is 19.4 Å². The van der Waals surface area contributed by atoms with Crippen LogP contribution in [0.15, 0.2) is 35.5 Å². The molecular formula is C13H18N2O3S. The number of oxime groups is 1. The van der Waals surface area contributed by atoms with Crippen LogP contribution < -0.4 is 0 Å². The summed E-state index contributed by atoms with van der Waals surface area (Å²) in [5, 5.41) is 4.04. The van der Waals surface area contributed by atoms with Crippen LogP contribution in [0, 0.1) is 0 Å². The van der Waals surface area contributed by atoms with Gasteiger partial charge in [0.2, 0.25) is 10.0 Å². The zero-order chi connectivity index (χ0) is 13.9. The minimum absolute atomic E-state index is 0.0998. The van der Waals surface area contributed by atoms with E-state index >= 15 is 0 Å². The van der Waals surface area contributed by atoms with Crippen LogP contribution in [-0.4, -0.2) is 43.9 Å². The van der Waals surface area contributed by atoms with Crippen molar-refractivity contribution < 1.29 is 13.3 Å². The first-order valence-corrected chi connectivity index (χ1v) is 7.86. The van der Waals surface area contributed by atoms with Gasteiger partial charge in [-0.1, -0.05) is 35.5 Å². The van der Waals surface area contributed by atoms with Gasteiger partial charge in [-0.15, -0.1) is 0 Å². The van der Waals surface area contributed by atoms with E-state index in [1.807, 2.05) is 30.3 Å². The molecule has 0 saturated carbocycles. The second-order valence-electron chi connectivity index (χ2n) is 4.52. The lowest BCUT2D eigenvalue weighted by molar-refractivity contribution is 0.0740. The minimum Gasteiger partial charge on any atom is -0.390 e. The number of hydrogen-bond donors (Lipinski definition) is 0. The van der Waals surface area contributed by atoms with Crippen LogP contribution in [0.1, 0.15) is 18.9 Å². The lowest BCUT2D eigenvalue weighted by Gasteiger charge is -2.18. The summed E-state index contributed by atoms with van der Waals surface area (Å²) >= 11 is 0. The maximum atomic E-state index is 11.7. The molecule has 1 atom stereocenters. The van der Waals surface area contributed by atoms with Gasteiger partial charge in [-0.2, -0.15) is 0 Å². The van der Waals surface area contributed by atoms with Crippen LogP contribution in [0.3, 0.4) is 0 Å². The first kappa shape index (κ1) is 14.0. The van der Waals surface area contributed by atoms with E-state index in [0.717, 1.165) is 11.3 Å². The smallest absolute Gasteiger partial charge is 0.213 e. The summed E-state index contributed by atoms with van der Waals surface area (Å²) in [4.78, 5) is 5.31. The van der Waals surface area contributed by atoms with Crippen molar-refractivity contribution in [3.63, 3.8) is 0 Å². The normalized spacial score (nSPS) is 19.3. The molecule has 104 valence electrons. The summed E-state index contributed by atoms with van der Waals surface area (Å²) in [5.41, 5.74) is 1.89. The van der Waals surface area contributed by atoms with Crippen molar-refractivity contribution in [3.8, 4) is 0 Å². The van der Waals surface area contributed by atoms with Crippen molar-refractivity contribution in [3.05, 3.63) is 35.9 Å². The fourth-order valence-corrected chi connectivity index (χ4v) is 2.78. The Kier molecular flexibility index (Phi) is 4.21. The average molecular weight is 282 g/mol. The molecule has 0 fully saturated rings. The summed E-state index contributed by atoms with van der Waals surface area (Å²) in [7, 11) is -1.59. The van der Waals surface area contributed by atoms with Gasteiger partial charge in [-0.3, -0.25) is 0 Å². The van der Waals surface area contributed by atoms with Crippen molar-refractivity contribution in [1.82, 2.24) is 4.31 Å². The zero-order valence-corrected chi connectivity index (χ0v) is 11.9. The van der Waals surface area contributed by atoms with E-state index in [2.05, 4.69) is 5.16 Å². The Labute approximate surface area is 113 Å². The predicted molar refractivity (Wildman–Crippen MR) is 74.6 cm³/mol. The highest BCUT2D eigenvalue weighted by Crippen LogP contribution is 2.17. The molecule has 1 unspecified atom stereocenters. The molecule has 0 aromatic heterocycles. The second-order valence-corrected chi connectivity index (χ2v) is 6.88. The molecule has 0 saturated heterocycles. The molecule has 0 radical (unpaired) electrons. The number of likely N-dealkylation sites (N-methyl/N-ethyl adjacent to an activating group) is 1. The highest BCUT2D eigenvalue weighted by atomic mass is 32.2. The van der Waals surface area contributed by atoms with Crippen LogP contribution in [0.5, 0.6) is 0 Å². The van der Waals surface area contributed by atoms with E-state index < -0.39 is 10.0 Å². The molecule has 1 aliphatic rings. The predicted octanol–water partition coefficient (Wildman–Crippen LogP) is 1.46. The number of sulfonamides is 1. The van der Waals surface area contributed by atoms with Gasteiger partial charge >= 0.3 is 0 Å². The monoisotopic (exact) mass is 282 g/mol. The van der Waals surface area contributed by atoms with Crippen molar-refractivity contribution >= 4 is 15.7 Å². The lowest BCUT2D eigenvalue weighted by atomic mass is 10.1. The molecule has 1 heterocycles. The fourth-order valence-electron chi connectivity index (χ4n) is 1.95. The number of benzene rings is 1. The molecule has 0 N–H and O–H groups in total. The number of nitrogens with zero attached hydrogens (tertiary/aromatic N) is 2. The molecule has 0 aliphatic carbocycles. The fraction of sp³-hybridized carbons (Fsp3) is 0.462. The molecule has 0 bridgehead atoms. The SMILES string of the molecule is CCS(=O)(=O)N(C)CC1CC(c2ccccc2)=NO1. The van der Waals surface area contributed by atoms with Gasteiger partial charge in [0.15, 0.2) is 0 Å².